The van der Waals surface area contributed by atoms with E-state index in [0.29, 0.717) is 23.5 Å². The fraction of sp³-hybridized carbons (Fsp3) is 0.417. The number of methoxy groups -OCH3 is 1. The number of carbonyl (C=O) groups excluding carboxylic acids is 1. The summed E-state index contributed by atoms with van der Waals surface area (Å²) in [7, 11) is 3.22. The third-order valence-electron chi connectivity index (χ3n) is 5.80. The van der Waals surface area contributed by atoms with Crippen LogP contribution in [0.25, 0.3) is 0 Å². The van der Waals surface area contributed by atoms with E-state index in [9.17, 15) is 9.90 Å². The van der Waals surface area contributed by atoms with Crippen molar-refractivity contribution >= 4 is 11.6 Å². The van der Waals surface area contributed by atoms with Crippen LogP contribution in [0.5, 0.6) is 11.5 Å². The number of rotatable bonds is 3. The van der Waals surface area contributed by atoms with E-state index < -0.39 is 17.2 Å². The maximum atomic E-state index is 12.2. The molecule has 0 radical (unpaired) electrons. The average molecular weight is 408 g/mol. The Morgan fingerprint density at radius 2 is 2.00 bits per heavy atom. The van der Waals surface area contributed by atoms with Gasteiger partial charge in [0, 0.05) is 35.7 Å². The molecule has 1 atom stereocenters. The molecule has 0 saturated heterocycles. The Kier molecular flexibility index (Phi) is 4.66. The Balaban J connectivity index is 2.00. The van der Waals surface area contributed by atoms with Gasteiger partial charge in [0.2, 0.25) is 0 Å². The highest BCUT2D eigenvalue weighted by Crippen LogP contribution is 2.50. The molecule has 1 amide bonds. The second-order valence-electron chi connectivity index (χ2n) is 9.07. The predicted octanol–water partition coefficient (Wildman–Crippen LogP) is 3.43. The van der Waals surface area contributed by atoms with Crippen molar-refractivity contribution in [2.45, 2.75) is 51.4 Å². The normalized spacial score (nSPS) is 20.5. The summed E-state index contributed by atoms with van der Waals surface area (Å²) in [5.41, 5.74) is 3.64. The largest absolute Gasteiger partial charge is 0.493 e. The van der Waals surface area contributed by atoms with Gasteiger partial charge in [0.15, 0.2) is 11.5 Å². The van der Waals surface area contributed by atoms with Gasteiger partial charge < -0.3 is 19.9 Å². The van der Waals surface area contributed by atoms with Gasteiger partial charge in [-0.3, -0.25) is 9.79 Å². The molecule has 0 spiro atoms. The van der Waals surface area contributed by atoms with Crippen LogP contribution in [-0.2, 0) is 6.42 Å². The molecular formula is C24H28N2O4. The van der Waals surface area contributed by atoms with E-state index in [1.807, 2.05) is 52.0 Å². The number of aliphatic hydroxyl groups excluding tert-OH is 1. The molecule has 0 bridgehead atoms. The SMILES string of the molecule is CNC(=O)c1cccc(C2=NC(C)(C)C(O)c3cc(OC)c4c(c32)CC(C)(C)O4)c1. The van der Waals surface area contributed by atoms with Crippen molar-refractivity contribution in [2.75, 3.05) is 14.2 Å². The Labute approximate surface area is 176 Å². The van der Waals surface area contributed by atoms with E-state index in [1.165, 1.54) is 0 Å². The van der Waals surface area contributed by atoms with Crippen LogP contribution in [0.15, 0.2) is 35.3 Å². The third-order valence-corrected chi connectivity index (χ3v) is 5.80. The summed E-state index contributed by atoms with van der Waals surface area (Å²) in [5.74, 6) is 1.16. The summed E-state index contributed by atoms with van der Waals surface area (Å²) >= 11 is 0. The molecule has 0 aliphatic carbocycles. The lowest BCUT2D eigenvalue weighted by Gasteiger charge is -2.35. The number of ether oxygens (including phenoxy) is 2. The third kappa shape index (κ3) is 3.16. The summed E-state index contributed by atoms with van der Waals surface area (Å²) in [4.78, 5) is 17.2. The molecule has 0 saturated carbocycles. The summed E-state index contributed by atoms with van der Waals surface area (Å²) in [5, 5.41) is 13.8. The van der Waals surface area contributed by atoms with Crippen LogP contribution in [0.2, 0.25) is 0 Å². The number of aliphatic hydroxyl groups is 1. The fourth-order valence-corrected chi connectivity index (χ4v) is 4.33. The average Bonchev–Trinajstić information content (AvgIpc) is 3.04. The van der Waals surface area contributed by atoms with E-state index in [-0.39, 0.29) is 5.91 Å². The number of aliphatic imine (C=N–C) groups is 1. The van der Waals surface area contributed by atoms with Crippen molar-refractivity contribution in [1.82, 2.24) is 5.32 Å². The molecule has 1 unspecified atom stereocenters. The van der Waals surface area contributed by atoms with E-state index in [0.717, 1.165) is 28.0 Å². The lowest BCUT2D eigenvalue weighted by Crippen LogP contribution is -2.35. The Hall–Kier alpha value is -2.86. The highest BCUT2D eigenvalue weighted by atomic mass is 16.5. The first-order valence-electron chi connectivity index (χ1n) is 10.1. The molecule has 2 heterocycles. The van der Waals surface area contributed by atoms with E-state index >= 15 is 0 Å². The molecule has 2 aromatic rings. The highest BCUT2D eigenvalue weighted by Gasteiger charge is 2.43. The number of carbonyl (C=O) groups is 1. The highest BCUT2D eigenvalue weighted by molar-refractivity contribution is 6.17. The van der Waals surface area contributed by atoms with Gasteiger partial charge in [0.05, 0.1) is 18.4 Å². The minimum Gasteiger partial charge on any atom is -0.493 e. The van der Waals surface area contributed by atoms with Crippen molar-refractivity contribution in [1.29, 1.82) is 0 Å². The Morgan fingerprint density at radius 1 is 1.27 bits per heavy atom. The maximum absolute atomic E-state index is 12.2. The molecule has 2 aliphatic rings. The van der Waals surface area contributed by atoms with Crippen molar-refractivity contribution in [3.8, 4) is 11.5 Å². The Morgan fingerprint density at radius 3 is 2.67 bits per heavy atom. The minimum absolute atomic E-state index is 0.155. The van der Waals surface area contributed by atoms with Crippen LogP contribution >= 0.6 is 0 Å². The van der Waals surface area contributed by atoms with Gasteiger partial charge in [-0.2, -0.15) is 0 Å². The number of hydrogen-bond acceptors (Lipinski definition) is 5. The smallest absolute Gasteiger partial charge is 0.251 e. The van der Waals surface area contributed by atoms with Gasteiger partial charge in [-0.05, 0) is 51.5 Å². The first-order valence-corrected chi connectivity index (χ1v) is 10.1. The van der Waals surface area contributed by atoms with E-state index in [4.69, 9.17) is 14.5 Å². The molecular weight excluding hydrogens is 380 g/mol. The lowest BCUT2D eigenvalue weighted by atomic mass is 9.79. The van der Waals surface area contributed by atoms with Crippen molar-refractivity contribution in [2.24, 2.45) is 4.99 Å². The quantitative estimate of drug-likeness (QED) is 0.815. The molecule has 158 valence electrons. The monoisotopic (exact) mass is 408 g/mol. The van der Waals surface area contributed by atoms with Gasteiger partial charge >= 0.3 is 0 Å². The van der Waals surface area contributed by atoms with Crippen LogP contribution in [0.3, 0.4) is 0 Å². The van der Waals surface area contributed by atoms with Crippen LogP contribution in [0.1, 0.15) is 66.4 Å². The fourth-order valence-electron chi connectivity index (χ4n) is 4.33. The molecule has 2 aliphatic heterocycles. The van der Waals surface area contributed by atoms with Crippen LogP contribution < -0.4 is 14.8 Å². The molecule has 2 aromatic carbocycles. The number of fused-ring (bicyclic) bond motifs is 3. The molecule has 30 heavy (non-hydrogen) atoms. The van der Waals surface area contributed by atoms with Crippen molar-refractivity contribution in [3.05, 3.63) is 58.1 Å². The van der Waals surface area contributed by atoms with Crippen molar-refractivity contribution in [3.63, 3.8) is 0 Å². The molecule has 6 nitrogen and oxygen atoms in total. The minimum atomic E-state index is -0.790. The summed E-state index contributed by atoms with van der Waals surface area (Å²) in [6.07, 6.45) is -0.121. The molecule has 0 fully saturated rings. The number of benzene rings is 2. The zero-order chi connectivity index (χ0) is 21.8. The number of hydrogen-bond donors (Lipinski definition) is 2. The number of nitrogens with one attached hydrogen (secondary N) is 1. The van der Waals surface area contributed by atoms with Crippen LogP contribution in [0, 0.1) is 0 Å². The molecule has 2 N–H and O–H groups in total. The topological polar surface area (TPSA) is 80.2 Å². The second kappa shape index (κ2) is 6.84. The molecule has 4 rings (SSSR count). The zero-order valence-electron chi connectivity index (χ0n) is 18.3. The Bertz CT molecular complexity index is 1070. The van der Waals surface area contributed by atoms with Crippen molar-refractivity contribution < 1.29 is 19.4 Å². The summed E-state index contributed by atoms with van der Waals surface area (Å²) in [6.45, 7) is 7.88. The summed E-state index contributed by atoms with van der Waals surface area (Å²) in [6, 6.07) is 9.27. The van der Waals surface area contributed by atoms with Gasteiger partial charge in [0.25, 0.3) is 5.91 Å². The molecule has 6 heteroatoms. The first-order chi connectivity index (χ1) is 14.1. The van der Waals surface area contributed by atoms with Gasteiger partial charge in [-0.25, -0.2) is 0 Å². The van der Waals surface area contributed by atoms with Crippen LogP contribution in [0.4, 0.5) is 0 Å². The maximum Gasteiger partial charge on any atom is 0.251 e. The van der Waals surface area contributed by atoms with E-state index in [1.54, 1.807) is 20.2 Å². The summed E-state index contributed by atoms with van der Waals surface area (Å²) < 4.78 is 11.8. The van der Waals surface area contributed by atoms with E-state index in [2.05, 4.69) is 5.32 Å². The zero-order valence-corrected chi connectivity index (χ0v) is 18.3. The predicted molar refractivity (Wildman–Crippen MR) is 116 cm³/mol. The lowest BCUT2D eigenvalue weighted by molar-refractivity contribution is 0.0963. The van der Waals surface area contributed by atoms with Gasteiger partial charge in [0.1, 0.15) is 11.7 Å². The van der Waals surface area contributed by atoms with Crippen LogP contribution in [-0.4, -0.2) is 42.0 Å². The number of amides is 1. The van der Waals surface area contributed by atoms with Gasteiger partial charge in [-0.1, -0.05) is 12.1 Å². The standard InChI is InChI=1S/C24H28N2O4/c1-23(2)12-16-18-15(11-17(29-6)20(16)30-23)21(27)24(3,4)26-19(18)13-8-7-9-14(10-13)22(28)25-5/h7-11,21,27H,12H2,1-6H3,(H,25,28). The van der Waals surface area contributed by atoms with Gasteiger partial charge in [-0.15, -0.1) is 0 Å². The molecule has 0 aromatic heterocycles. The number of nitrogens with zero attached hydrogens (tertiary/aromatic N) is 1. The first kappa shape index (κ1) is 20.4. The second-order valence-corrected chi connectivity index (χ2v) is 9.07.